The SMILES string of the molecule is COCCN1C(O)N(CCCOc2ccccc2)C(=O)C12CCN(Cc1cccc(OC)c1)CC2. The Hall–Kier alpha value is -2.65. The third-order valence-electron chi connectivity index (χ3n) is 7.08. The van der Waals surface area contributed by atoms with Crippen LogP contribution in [0, 0.1) is 0 Å². The van der Waals surface area contributed by atoms with Crippen molar-refractivity contribution in [1.29, 1.82) is 0 Å². The monoisotopic (exact) mass is 483 g/mol. The molecule has 1 spiro atoms. The summed E-state index contributed by atoms with van der Waals surface area (Å²) in [5, 5.41) is 11.1. The third-order valence-corrected chi connectivity index (χ3v) is 7.08. The average Bonchev–Trinajstić information content (AvgIpc) is 3.08. The summed E-state index contributed by atoms with van der Waals surface area (Å²) >= 11 is 0. The number of aliphatic hydroxyl groups is 1. The number of hydrogen-bond acceptors (Lipinski definition) is 7. The molecule has 2 fully saturated rings. The number of likely N-dealkylation sites (tertiary alicyclic amines) is 1. The van der Waals surface area contributed by atoms with Crippen LogP contribution in [-0.2, 0) is 16.1 Å². The molecule has 0 bridgehead atoms. The van der Waals surface area contributed by atoms with Crippen LogP contribution in [0.2, 0.25) is 0 Å². The van der Waals surface area contributed by atoms with Gasteiger partial charge in [-0.25, -0.2) is 4.90 Å². The standard InChI is InChI=1S/C27H37N3O5/c1-33-19-17-30-26(32)29(14-7-18-35-23-9-4-3-5-10-23)25(31)27(30)12-15-28(16-13-27)21-22-8-6-11-24(20-22)34-2/h3-6,8-11,20,26,32H,7,12-19,21H2,1-2H3. The van der Waals surface area contributed by atoms with Crippen LogP contribution in [0.5, 0.6) is 11.5 Å². The van der Waals surface area contributed by atoms with Crippen molar-refractivity contribution in [1.82, 2.24) is 14.7 Å². The number of carbonyl (C=O) groups excluding carboxylic acids is 1. The van der Waals surface area contributed by atoms with Crippen LogP contribution in [-0.4, -0.2) is 91.2 Å². The summed E-state index contributed by atoms with van der Waals surface area (Å²) in [7, 11) is 3.32. The van der Waals surface area contributed by atoms with Crippen LogP contribution in [0.25, 0.3) is 0 Å². The lowest BCUT2D eigenvalue weighted by atomic mass is 9.85. The van der Waals surface area contributed by atoms with Crippen LogP contribution in [0.4, 0.5) is 0 Å². The lowest BCUT2D eigenvalue weighted by Gasteiger charge is -2.42. The number of amides is 1. The predicted octanol–water partition coefficient (Wildman–Crippen LogP) is 2.57. The lowest BCUT2D eigenvalue weighted by Crippen LogP contribution is -2.57. The molecule has 0 aromatic heterocycles. The molecule has 0 radical (unpaired) electrons. The van der Waals surface area contributed by atoms with Gasteiger partial charge in [0.25, 0.3) is 0 Å². The largest absolute Gasteiger partial charge is 0.497 e. The van der Waals surface area contributed by atoms with Crippen molar-refractivity contribution in [2.45, 2.75) is 37.7 Å². The van der Waals surface area contributed by atoms with Crippen molar-refractivity contribution >= 4 is 5.91 Å². The number of methoxy groups -OCH3 is 2. The highest BCUT2D eigenvalue weighted by Gasteiger charge is 2.57. The molecule has 2 aliphatic heterocycles. The van der Waals surface area contributed by atoms with Crippen LogP contribution in [0.3, 0.4) is 0 Å². The zero-order valence-corrected chi connectivity index (χ0v) is 20.8. The summed E-state index contributed by atoms with van der Waals surface area (Å²) in [6.45, 7) is 4.28. The second kappa shape index (κ2) is 11.9. The first kappa shape index (κ1) is 25.4. The molecule has 4 rings (SSSR count). The fourth-order valence-corrected chi connectivity index (χ4v) is 5.17. The summed E-state index contributed by atoms with van der Waals surface area (Å²) in [6, 6.07) is 17.7. The summed E-state index contributed by atoms with van der Waals surface area (Å²) in [6.07, 6.45) is 1.05. The van der Waals surface area contributed by atoms with Crippen LogP contribution in [0.1, 0.15) is 24.8 Å². The zero-order valence-electron chi connectivity index (χ0n) is 20.8. The average molecular weight is 484 g/mol. The molecule has 2 heterocycles. The highest BCUT2D eigenvalue weighted by Crippen LogP contribution is 2.39. The molecule has 1 N–H and O–H groups in total. The first-order valence-corrected chi connectivity index (χ1v) is 12.4. The van der Waals surface area contributed by atoms with Crippen molar-refractivity contribution in [3.8, 4) is 11.5 Å². The van der Waals surface area contributed by atoms with Gasteiger partial charge in [-0.1, -0.05) is 30.3 Å². The maximum atomic E-state index is 13.7. The fourth-order valence-electron chi connectivity index (χ4n) is 5.17. The highest BCUT2D eigenvalue weighted by atomic mass is 16.5. The van der Waals surface area contributed by atoms with E-state index in [1.165, 1.54) is 5.56 Å². The summed E-state index contributed by atoms with van der Waals surface area (Å²) < 4.78 is 16.4. The van der Waals surface area contributed by atoms with E-state index in [9.17, 15) is 9.90 Å². The molecular weight excluding hydrogens is 446 g/mol. The van der Waals surface area contributed by atoms with E-state index in [-0.39, 0.29) is 5.91 Å². The first-order valence-electron chi connectivity index (χ1n) is 12.4. The van der Waals surface area contributed by atoms with E-state index in [4.69, 9.17) is 14.2 Å². The molecule has 0 saturated carbocycles. The molecule has 1 amide bonds. The van der Waals surface area contributed by atoms with Crippen molar-refractivity contribution in [2.75, 3.05) is 53.6 Å². The van der Waals surface area contributed by atoms with Gasteiger partial charge in [0.2, 0.25) is 5.91 Å². The summed E-state index contributed by atoms with van der Waals surface area (Å²) in [5.41, 5.74) is 0.498. The van der Waals surface area contributed by atoms with E-state index >= 15 is 0 Å². The van der Waals surface area contributed by atoms with Gasteiger partial charge in [-0.15, -0.1) is 0 Å². The van der Waals surface area contributed by atoms with Crippen molar-refractivity contribution in [2.24, 2.45) is 0 Å². The molecule has 2 saturated heterocycles. The molecule has 2 aliphatic rings. The minimum absolute atomic E-state index is 0.0156. The van der Waals surface area contributed by atoms with Gasteiger partial charge in [-0.05, 0) is 49.1 Å². The second-order valence-corrected chi connectivity index (χ2v) is 9.21. The number of para-hydroxylation sites is 1. The number of ether oxygens (including phenoxy) is 3. The minimum atomic E-state index is -0.945. The van der Waals surface area contributed by atoms with Gasteiger partial charge < -0.3 is 24.2 Å². The molecule has 8 heteroatoms. The van der Waals surface area contributed by atoms with Gasteiger partial charge in [0.05, 0.1) is 20.3 Å². The Morgan fingerprint density at radius 1 is 0.971 bits per heavy atom. The Morgan fingerprint density at radius 2 is 1.71 bits per heavy atom. The van der Waals surface area contributed by atoms with E-state index < -0.39 is 11.9 Å². The van der Waals surface area contributed by atoms with Gasteiger partial charge in [0.15, 0.2) is 6.35 Å². The maximum absolute atomic E-state index is 13.7. The van der Waals surface area contributed by atoms with Gasteiger partial charge >= 0.3 is 0 Å². The number of benzene rings is 2. The van der Waals surface area contributed by atoms with E-state index in [2.05, 4.69) is 17.0 Å². The minimum Gasteiger partial charge on any atom is -0.497 e. The molecule has 35 heavy (non-hydrogen) atoms. The molecule has 8 nitrogen and oxygen atoms in total. The number of rotatable bonds is 11. The Labute approximate surface area is 208 Å². The van der Waals surface area contributed by atoms with Crippen LogP contribution < -0.4 is 9.47 Å². The number of hydrogen-bond donors (Lipinski definition) is 1. The van der Waals surface area contributed by atoms with Crippen molar-refractivity contribution < 1.29 is 24.1 Å². The maximum Gasteiger partial charge on any atom is 0.246 e. The smallest absolute Gasteiger partial charge is 0.246 e. The summed E-state index contributed by atoms with van der Waals surface area (Å²) in [4.78, 5) is 19.6. The van der Waals surface area contributed by atoms with Crippen molar-refractivity contribution in [3.63, 3.8) is 0 Å². The number of nitrogens with zero attached hydrogens (tertiary/aromatic N) is 3. The first-order chi connectivity index (χ1) is 17.1. The van der Waals surface area contributed by atoms with Crippen LogP contribution in [0.15, 0.2) is 54.6 Å². The predicted molar refractivity (Wildman–Crippen MR) is 133 cm³/mol. The number of carbonyl (C=O) groups is 1. The zero-order chi connectivity index (χ0) is 24.7. The normalized spacial score (nSPS) is 20.5. The Bertz CT molecular complexity index is 949. The van der Waals surface area contributed by atoms with Crippen LogP contribution >= 0.6 is 0 Å². The van der Waals surface area contributed by atoms with E-state index in [0.29, 0.717) is 45.6 Å². The van der Waals surface area contributed by atoms with E-state index in [1.807, 2.05) is 47.4 Å². The van der Waals surface area contributed by atoms with Gasteiger partial charge in [0.1, 0.15) is 17.0 Å². The molecule has 190 valence electrons. The Balaban J connectivity index is 1.38. The molecular formula is C27H37N3O5. The third kappa shape index (κ3) is 5.78. The quantitative estimate of drug-likeness (QED) is 0.493. The number of aliphatic hydroxyl groups excluding tert-OH is 1. The Kier molecular flexibility index (Phi) is 8.62. The lowest BCUT2D eigenvalue weighted by molar-refractivity contribution is -0.137. The van der Waals surface area contributed by atoms with Gasteiger partial charge in [-0.2, -0.15) is 0 Å². The number of piperidine rings is 1. The van der Waals surface area contributed by atoms with Gasteiger partial charge in [0, 0.05) is 39.8 Å². The van der Waals surface area contributed by atoms with E-state index in [1.54, 1.807) is 19.1 Å². The second-order valence-electron chi connectivity index (χ2n) is 9.21. The fraction of sp³-hybridized carbons (Fsp3) is 0.519. The molecule has 1 atom stereocenters. The molecule has 0 aliphatic carbocycles. The highest BCUT2D eigenvalue weighted by molar-refractivity contribution is 5.88. The van der Waals surface area contributed by atoms with Crippen molar-refractivity contribution in [3.05, 3.63) is 60.2 Å². The summed E-state index contributed by atoms with van der Waals surface area (Å²) in [5.74, 6) is 1.67. The molecule has 1 unspecified atom stereocenters. The van der Waals surface area contributed by atoms with E-state index in [0.717, 1.165) is 31.1 Å². The molecule has 2 aromatic carbocycles. The molecule has 2 aromatic rings. The Morgan fingerprint density at radius 3 is 2.43 bits per heavy atom. The van der Waals surface area contributed by atoms with Gasteiger partial charge in [-0.3, -0.25) is 9.69 Å². The topological polar surface area (TPSA) is 74.7 Å².